The molecule has 3 N–H and O–H groups in total. The molecule has 1 heterocycles. The lowest BCUT2D eigenvalue weighted by Gasteiger charge is -2.38. The van der Waals surface area contributed by atoms with E-state index < -0.39 is 0 Å². The molecule has 1 aliphatic rings. The van der Waals surface area contributed by atoms with Gasteiger partial charge in [0.2, 0.25) is 0 Å². The van der Waals surface area contributed by atoms with E-state index in [1.807, 2.05) is 4.90 Å². The van der Waals surface area contributed by atoms with Gasteiger partial charge in [-0.1, -0.05) is 6.07 Å². The maximum atomic E-state index is 12.1. The van der Waals surface area contributed by atoms with Crippen molar-refractivity contribution in [3.8, 4) is 0 Å². The minimum Gasteiger partial charge on any atom is -0.462 e. The quantitative estimate of drug-likeness (QED) is 0.649. The van der Waals surface area contributed by atoms with Gasteiger partial charge in [-0.15, -0.1) is 0 Å². The van der Waals surface area contributed by atoms with Crippen LogP contribution in [0.5, 0.6) is 0 Å². The minimum atomic E-state index is -0.364. The Hall–Kier alpha value is -1.75. The lowest BCUT2D eigenvalue weighted by molar-refractivity contribution is 0.0526. The molecule has 1 aromatic rings. The molecule has 1 unspecified atom stereocenters. The molecule has 2 rings (SSSR count). The number of carbonyl (C=O) groups excluding carboxylic acids is 1. The van der Waals surface area contributed by atoms with Crippen molar-refractivity contribution in [2.75, 3.05) is 30.4 Å². The summed E-state index contributed by atoms with van der Waals surface area (Å²) in [6.07, 6.45) is 3.03. The third kappa shape index (κ3) is 2.88. The first-order valence-corrected chi connectivity index (χ1v) is 7.12. The molecule has 1 fully saturated rings. The van der Waals surface area contributed by atoms with Crippen molar-refractivity contribution >= 4 is 17.3 Å². The average molecular weight is 278 g/mol. The van der Waals surface area contributed by atoms with E-state index in [1.54, 1.807) is 25.1 Å². The van der Waals surface area contributed by atoms with Gasteiger partial charge in [0.25, 0.3) is 0 Å². The SMILES string of the molecule is CCOC(=O)c1cccc(N)c1N1CCCCC1CO. The van der Waals surface area contributed by atoms with Crippen LogP contribution < -0.4 is 10.6 Å². The van der Waals surface area contributed by atoms with Gasteiger partial charge in [-0.3, -0.25) is 0 Å². The Labute approximate surface area is 119 Å². The van der Waals surface area contributed by atoms with Gasteiger partial charge < -0.3 is 20.5 Å². The summed E-state index contributed by atoms with van der Waals surface area (Å²) in [5.41, 5.74) is 7.80. The van der Waals surface area contributed by atoms with Gasteiger partial charge in [0.05, 0.1) is 36.2 Å². The average Bonchev–Trinajstić information content (AvgIpc) is 2.47. The number of ether oxygens (including phenoxy) is 1. The monoisotopic (exact) mass is 278 g/mol. The predicted octanol–water partition coefficient (Wildman–Crippen LogP) is 1.80. The fourth-order valence-electron chi connectivity index (χ4n) is 2.74. The van der Waals surface area contributed by atoms with Crippen LogP contribution in [-0.2, 0) is 4.74 Å². The van der Waals surface area contributed by atoms with E-state index in [2.05, 4.69) is 0 Å². The topological polar surface area (TPSA) is 75.8 Å². The Morgan fingerprint density at radius 2 is 2.30 bits per heavy atom. The molecule has 0 aliphatic carbocycles. The highest BCUT2D eigenvalue weighted by molar-refractivity contribution is 5.99. The highest BCUT2D eigenvalue weighted by Gasteiger charge is 2.27. The number of rotatable bonds is 4. The summed E-state index contributed by atoms with van der Waals surface area (Å²) in [6, 6.07) is 5.28. The van der Waals surface area contributed by atoms with Crippen LogP contribution >= 0.6 is 0 Å². The van der Waals surface area contributed by atoms with Crippen molar-refractivity contribution in [2.24, 2.45) is 0 Å². The molecular formula is C15H22N2O3. The van der Waals surface area contributed by atoms with Crippen LogP contribution in [0.4, 0.5) is 11.4 Å². The van der Waals surface area contributed by atoms with Crippen LogP contribution in [0, 0.1) is 0 Å². The van der Waals surface area contributed by atoms with Crippen molar-refractivity contribution < 1.29 is 14.6 Å². The zero-order valence-corrected chi connectivity index (χ0v) is 11.8. The number of esters is 1. The molecule has 20 heavy (non-hydrogen) atoms. The first-order chi connectivity index (χ1) is 9.69. The van der Waals surface area contributed by atoms with Crippen LogP contribution in [0.1, 0.15) is 36.5 Å². The van der Waals surface area contributed by atoms with Crippen LogP contribution in [0.2, 0.25) is 0 Å². The molecule has 1 aromatic carbocycles. The predicted molar refractivity (Wildman–Crippen MR) is 78.9 cm³/mol. The number of nitrogens with two attached hydrogens (primary N) is 1. The molecule has 0 amide bonds. The fourth-order valence-corrected chi connectivity index (χ4v) is 2.74. The molecular weight excluding hydrogens is 256 g/mol. The largest absolute Gasteiger partial charge is 0.462 e. The molecule has 5 nitrogen and oxygen atoms in total. The Morgan fingerprint density at radius 3 is 3.00 bits per heavy atom. The molecule has 0 aromatic heterocycles. The first kappa shape index (κ1) is 14.7. The number of anilines is 2. The summed E-state index contributed by atoms with van der Waals surface area (Å²) >= 11 is 0. The van der Waals surface area contributed by atoms with Crippen molar-refractivity contribution in [1.29, 1.82) is 0 Å². The zero-order chi connectivity index (χ0) is 14.5. The second-order valence-electron chi connectivity index (χ2n) is 4.99. The number of aliphatic hydroxyl groups excluding tert-OH is 1. The summed E-state index contributed by atoms with van der Waals surface area (Å²) in [5, 5.41) is 9.55. The lowest BCUT2D eigenvalue weighted by Crippen LogP contribution is -2.43. The normalized spacial score (nSPS) is 18.9. The fraction of sp³-hybridized carbons (Fsp3) is 0.533. The van der Waals surface area contributed by atoms with Crippen molar-refractivity contribution in [3.05, 3.63) is 23.8 Å². The Kier molecular flexibility index (Phi) is 4.84. The summed E-state index contributed by atoms with van der Waals surface area (Å²) in [7, 11) is 0. The van der Waals surface area contributed by atoms with Gasteiger partial charge in [0.15, 0.2) is 0 Å². The molecule has 0 spiro atoms. The summed E-state index contributed by atoms with van der Waals surface area (Å²) < 4.78 is 5.10. The Bertz CT molecular complexity index is 476. The molecule has 0 bridgehead atoms. The molecule has 5 heteroatoms. The second kappa shape index (κ2) is 6.61. The van der Waals surface area contributed by atoms with Crippen molar-refractivity contribution in [2.45, 2.75) is 32.2 Å². The number of hydrogen-bond acceptors (Lipinski definition) is 5. The number of hydrogen-bond donors (Lipinski definition) is 2. The van der Waals surface area contributed by atoms with E-state index >= 15 is 0 Å². The van der Waals surface area contributed by atoms with Crippen LogP contribution in [0.25, 0.3) is 0 Å². The van der Waals surface area contributed by atoms with E-state index in [4.69, 9.17) is 10.5 Å². The number of para-hydroxylation sites is 1. The number of nitrogens with zero attached hydrogens (tertiary/aromatic N) is 1. The van der Waals surface area contributed by atoms with Gasteiger partial charge in [-0.2, -0.15) is 0 Å². The van der Waals surface area contributed by atoms with Gasteiger partial charge in [-0.25, -0.2) is 4.79 Å². The van der Waals surface area contributed by atoms with Gasteiger partial charge in [0, 0.05) is 6.54 Å². The van der Waals surface area contributed by atoms with E-state index in [-0.39, 0.29) is 18.6 Å². The molecule has 1 saturated heterocycles. The number of benzene rings is 1. The molecule has 0 saturated carbocycles. The Balaban J connectivity index is 2.40. The molecule has 1 aliphatic heterocycles. The summed E-state index contributed by atoms with van der Waals surface area (Å²) in [6.45, 7) is 2.97. The van der Waals surface area contributed by atoms with Crippen molar-refractivity contribution in [1.82, 2.24) is 0 Å². The van der Waals surface area contributed by atoms with E-state index in [1.165, 1.54) is 0 Å². The standard InChI is InChI=1S/C15H22N2O3/c1-2-20-15(19)12-7-5-8-13(16)14(12)17-9-4-3-6-11(17)10-18/h5,7-8,11,18H,2-4,6,9-10,16H2,1H3. The Morgan fingerprint density at radius 1 is 1.50 bits per heavy atom. The highest BCUT2D eigenvalue weighted by Crippen LogP contribution is 2.33. The maximum Gasteiger partial charge on any atom is 0.340 e. The number of carbonyl (C=O) groups is 1. The maximum absolute atomic E-state index is 12.1. The smallest absolute Gasteiger partial charge is 0.340 e. The summed E-state index contributed by atoms with van der Waals surface area (Å²) in [4.78, 5) is 14.1. The van der Waals surface area contributed by atoms with E-state index in [0.29, 0.717) is 23.5 Å². The zero-order valence-electron chi connectivity index (χ0n) is 11.8. The second-order valence-corrected chi connectivity index (χ2v) is 4.99. The van der Waals surface area contributed by atoms with Crippen LogP contribution in [0.15, 0.2) is 18.2 Å². The molecule has 1 atom stereocenters. The number of nitrogen functional groups attached to an aromatic ring is 1. The van der Waals surface area contributed by atoms with Crippen molar-refractivity contribution in [3.63, 3.8) is 0 Å². The lowest BCUT2D eigenvalue weighted by atomic mass is 9.99. The van der Waals surface area contributed by atoms with Gasteiger partial charge >= 0.3 is 5.97 Å². The highest BCUT2D eigenvalue weighted by atomic mass is 16.5. The van der Waals surface area contributed by atoms with Crippen LogP contribution in [-0.4, -0.2) is 36.9 Å². The number of piperidine rings is 1. The first-order valence-electron chi connectivity index (χ1n) is 7.12. The third-order valence-electron chi connectivity index (χ3n) is 3.69. The van der Waals surface area contributed by atoms with E-state index in [9.17, 15) is 9.90 Å². The molecule has 110 valence electrons. The van der Waals surface area contributed by atoms with Crippen LogP contribution in [0.3, 0.4) is 0 Å². The minimum absolute atomic E-state index is 0.0154. The van der Waals surface area contributed by atoms with E-state index in [0.717, 1.165) is 25.8 Å². The summed E-state index contributed by atoms with van der Waals surface area (Å²) in [5.74, 6) is -0.364. The molecule has 0 radical (unpaired) electrons. The van der Waals surface area contributed by atoms with Gasteiger partial charge in [0.1, 0.15) is 0 Å². The van der Waals surface area contributed by atoms with Gasteiger partial charge in [-0.05, 0) is 38.3 Å². The third-order valence-corrected chi connectivity index (χ3v) is 3.69. The number of aliphatic hydroxyl groups is 1.